The molecule has 0 heterocycles. The normalized spacial score (nSPS) is 2.62. The molecule has 4 nitrogen and oxygen atoms in total. The van der Waals surface area contributed by atoms with Crippen molar-refractivity contribution in [3.05, 3.63) is 0 Å². The Labute approximate surface area is 65.0 Å². The third kappa shape index (κ3) is 478. The molecular formula is C3H7HgN4+. The summed E-state index contributed by atoms with van der Waals surface area (Å²) >= 11 is 1.03. The van der Waals surface area contributed by atoms with Crippen LogP contribution in [0.4, 0.5) is 0 Å². The molecule has 0 fully saturated rings. The summed E-state index contributed by atoms with van der Waals surface area (Å²) in [4.78, 5) is 0. The van der Waals surface area contributed by atoms with Crippen molar-refractivity contribution in [2.45, 2.75) is 4.43 Å². The first-order chi connectivity index (χ1) is 3.83. The Bertz CT molecular complexity index is 66.3. The van der Waals surface area contributed by atoms with Crippen molar-refractivity contribution in [2.75, 3.05) is 0 Å². The Morgan fingerprint density at radius 2 is 1.12 bits per heavy atom. The molecular weight excluding hydrogens is 293 g/mol. The van der Waals surface area contributed by atoms with Crippen LogP contribution in [0, 0.1) is 22.9 Å². The summed E-state index contributed by atoms with van der Waals surface area (Å²) in [6.45, 7) is 0. The van der Waals surface area contributed by atoms with Crippen molar-refractivity contribution in [2.24, 2.45) is 11.5 Å². The van der Waals surface area contributed by atoms with Crippen LogP contribution < -0.4 is 11.5 Å². The number of hydrogen-bond donors (Lipinski definition) is 2. The monoisotopic (exact) mass is 301 g/mol. The Balaban J connectivity index is -0.0000000483. The van der Waals surface area contributed by atoms with Gasteiger partial charge in [-0.15, -0.1) is 0 Å². The number of nitrogens with two attached hydrogens (primary N) is 2. The minimum atomic E-state index is 1.03. The molecule has 0 rings (SSSR count). The second-order valence-electron chi connectivity index (χ2n) is 0.258. The van der Waals surface area contributed by atoms with Crippen molar-refractivity contribution in [1.82, 2.24) is 0 Å². The summed E-state index contributed by atoms with van der Waals surface area (Å²) in [5, 5.41) is 14.2. The van der Waals surface area contributed by atoms with Gasteiger partial charge in [-0.3, -0.25) is 0 Å². The first-order valence-corrected chi connectivity index (χ1v) is 7.23. The number of nitriles is 2. The molecule has 0 spiro atoms. The minimum absolute atomic E-state index is 1.03. The van der Waals surface area contributed by atoms with Crippen molar-refractivity contribution in [3.63, 3.8) is 0 Å². The molecule has 0 saturated heterocycles. The van der Waals surface area contributed by atoms with Crippen molar-refractivity contribution in [1.29, 1.82) is 10.5 Å². The molecule has 0 aliphatic rings. The van der Waals surface area contributed by atoms with Crippen molar-refractivity contribution < 1.29 is 26.1 Å². The van der Waals surface area contributed by atoms with Gasteiger partial charge in [-0.25, -0.2) is 0 Å². The van der Waals surface area contributed by atoms with E-state index in [1.807, 2.05) is 0 Å². The molecule has 0 unspecified atom stereocenters. The molecule has 0 aromatic carbocycles. The fraction of sp³-hybridized carbons (Fsp3) is 0.333. The molecule has 0 bridgehead atoms. The summed E-state index contributed by atoms with van der Waals surface area (Å²) in [7, 11) is 0. The van der Waals surface area contributed by atoms with Gasteiger partial charge >= 0.3 is 30.6 Å². The van der Waals surface area contributed by atoms with Gasteiger partial charge in [0, 0.05) is 0 Å². The average molecular weight is 300 g/mol. The summed E-state index contributed by atoms with van der Waals surface area (Å²) in [5.74, 6) is 0. The first-order valence-electron chi connectivity index (χ1n) is 1.73. The molecule has 40 valence electrons. The molecule has 0 aromatic heterocycles. The second-order valence-corrected chi connectivity index (χ2v) is 0.258. The van der Waals surface area contributed by atoms with Crippen LogP contribution in [0.25, 0.3) is 0 Å². The van der Waals surface area contributed by atoms with E-state index in [9.17, 15) is 0 Å². The number of rotatable bonds is 0. The molecule has 5 heteroatoms. The molecule has 0 aromatic rings. The van der Waals surface area contributed by atoms with Crippen molar-refractivity contribution >= 4 is 0 Å². The maximum absolute atomic E-state index is 7.10. The quantitative estimate of drug-likeness (QED) is 0.355. The zero-order valence-corrected chi connectivity index (χ0v) is 10.3. The van der Waals surface area contributed by atoms with Gasteiger partial charge in [0.05, 0.1) is 0 Å². The van der Waals surface area contributed by atoms with E-state index in [1.165, 1.54) is 12.4 Å². The van der Waals surface area contributed by atoms with Crippen LogP contribution in [-0.2, 0) is 26.1 Å². The molecule has 8 heavy (non-hydrogen) atoms. The summed E-state index contributed by atoms with van der Waals surface area (Å²) in [5.41, 5.74) is 8.31. The van der Waals surface area contributed by atoms with Crippen LogP contribution in [0.2, 0.25) is 4.43 Å². The topological polar surface area (TPSA) is 99.6 Å². The molecule has 0 saturated carbocycles. The Morgan fingerprint density at radius 3 is 1.12 bits per heavy atom. The van der Waals surface area contributed by atoms with Crippen molar-refractivity contribution in [3.8, 4) is 12.4 Å². The zero-order valence-electron chi connectivity index (χ0n) is 4.76. The van der Waals surface area contributed by atoms with Gasteiger partial charge in [0.15, 0.2) is 12.4 Å². The van der Waals surface area contributed by atoms with E-state index in [4.69, 9.17) is 10.5 Å². The fourth-order valence-electron chi connectivity index (χ4n) is 0. The van der Waals surface area contributed by atoms with Gasteiger partial charge in [-0.1, -0.05) is 0 Å². The number of hydrogen-bond acceptors (Lipinski definition) is 4. The van der Waals surface area contributed by atoms with Crippen LogP contribution in [-0.4, -0.2) is 0 Å². The fourth-order valence-corrected chi connectivity index (χ4v) is 0. The van der Waals surface area contributed by atoms with Gasteiger partial charge in [0.1, 0.15) is 0 Å². The van der Waals surface area contributed by atoms with E-state index in [0.717, 1.165) is 26.1 Å². The Kier molecular flexibility index (Phi) is 169. The summed E-state index contributed by atoms with van der Waals surface area (Å²) < 4.78 is 2.19. The van der Waals surface area contributed by atoms with Crippen LogP contribution in [0.15, 0.2) is 0 Å². The maximum atomic E-state index is 7.10. The van der Waals surface area contributed by atoms with Gasteiger partial charge in [-0.05, 0) is 0 Å². The predicted octanol–water partition coefficient (Wildman–Crippen LogP) is -0.566. The van der Waals surface area contributed by atoms with E-state index in [-0.39, 0.29) is 0 Å². The molecule has 0 amide bonds. The molecule has 0 aliphatic heterocycles. The van der Waals surface area contributed by atoms with E-state index >= 15 is 0 Å². The molecule has 0 radical (unpaired) electrons. The second kappa shape index (κ2) is 86.3. The van der Waals surface area contributed by atoms with E-state index in [2.05, 4.69) is 15.9 Å². The van der Waals surface area contributed by atoms with Gasteiger partial charge in [-0.2, -0.15) is 10.5 Å². The Morgan fingerprint density at radius 1 is 1.12 bits per heavy atom. The first kappa shape index (κ1) is 15.6. The van der Waals surface area contributed by atoms with E-state index in [1.54, 1.807) is 0 Å². The van der Waals surface area contributed by atoms with Gasteiger partial charge in [0.2, 0.25) is 0 Å². The van der Waals surface area contributed by atoms with Gasteiger partial charge in [0.25, 0.3) is 0 Å². The third-order valence-electron chi connectivity index (χ3n) is 0. The average Bonchev–Trinajstić information content (AvgIpc) is 1.75. The molecule has 0 atom stereocenters. The summed E-state index contributed by atoms with van der Waals surface area (Å²) in [6.07, 6.45) is 2.50. The van der Waals surface area contributed by atoms with Crippen LogP contribution in [0.1, 0.15) is 0 Å². The SMILES string of the molecule is N#CN.N#CN.[CH3][Hg+]. The van der Waals surface area contributed by atoms with Crippen LogP contribution >= 0.6 is 0 Å². The third-order valence-corrected chi connectivity index (χ3v) is 0. The van der Waals surface area contributed by atoms with E-state index < -0.39 is 0 Å². The molecule has 0 aliphatic carbocycles. The standard InChI is InChI=1S/2CH2N2.CH3.Hg/c2*2-1-3;;/h2*2H2;1H3;/q;;;+1. The molecule has 4 N–H and O–H groups in total. The number of nitrogens with zero attached hydrogens (tertiary/aromatic N) is 2. The van der Waals surface area contributed by atoms with E-state index in [0.29, 0.717) is 0 Å². The van der Waals surface area contributed by atoms with Gasteiger partial charge < -0.3 is 11.5 Å². The summed E-state index contributed by atoms with van der Waals surface area (Å²) in [6, 6.07) is 0. The Hall–Kier alpha value is -0.485. The van der Waals surface area contributed by atoms with Crippen LogP contribution in [0.5, 0.6) is 0 Å². The zero-order chi connectivity index (χ0) is 7.41. The van der Waals surface area contributed by atoms with Crippen LogP contribution in [0.3, 0.4) is 0 Å². The predicted molar refractivity (Wildman–Crippen MR) is 25.5 cm³/mol.